The molecule has 0 unspecified atom stereocenters. The summed E-state index contributed by atoms with van der Waals surface area (Å²) >= 11 is 0. The second kappa shape index (κ2) is 3.44. The van der Waals surface area contributed by atoms with Crippen LogP contribution in [0.15, 0.2) is 12.3 Å². The van der Waals surface area contributed by atoms with Crippen LogP contribution in [0.2, 0.25) is 0 Å². The second-order valence-corrected chi connectivity index (χ2v) is 3.24. The fourth-order valence-electron chi connectivity index (χ4n) is 0.442. The molecular weight excluding hydrogens is 158 g/mol. The van der Waals surface area contributed by atoms with Gasteiger partial charge in [0.15, 0.2) is 0 Å². The SMILES string of the molecule is CC(C)(C)OOc1ccnnn1. The molecule has 0 amide bonds. The lowest BCUT2D eigenvalue weighted by atomic mass is 10.2. The van der Waals surface area contributed by atoms with Gasteiger partial charge in [0.1, 0.15) is 5.60 Å². The van der Waals surface area contributed by atoms with E-state index < -0.39 is 0 Å². The molecule has 1 aromatic heterocycles. The number of hydrogen-bond acceptors (Lipinski definition) is 5. The standard InChI is InChI=1S/C7H11N3O2/c1-7(2,3)12-11-6-4-5-8-10-9-6/h4-5H,1-3H3. The Morgan fingerprint density at radius 1 is 1.33 bits per heavy atom. The maximum Gasteiger partial charge on any atom is 0.278 e. The van der Waals surface area contributed by atoms with Gasteiger partial charge < -0.3 is 4.89 Å². The van der Waals surface area contributed by atoms with E-state index in [1.54, 1.807) is 6.07 Å². The van der Waals surface area contributed by atoms with Crippen LogP contribution in [0.3, 0.4) is 0 Å². The van der Waals surface area contributed by atoms with Gasteiger partial charge in [-0.25, -0.2) is 0 Å². The quantitative estimate of drug-likeness (QED) is 0.488. The van der Waals surface area contributed by atoms with Gasteiger partial charge >= 0.3 is 0 Å². The Morgan fingerprint density at radius 3 is 2.58 bits per heavy atom. The number of nitrogens with zero attached hydrogens (tertiary/aromatic N) is 3. The highest BCUT2D eigenvalue weighted by Crippen LogP contribution is 2.10. The van der Waals surface area contributed by atoms with Crippen LogP contribution < -0.4 is 4.89 Å². The summed E-state index contributed by atoms with van der Waals surface area (Å²) in [7, 11) is 0. The van der Waals surface area contributed by atoms with Crippen LogP contribution in [-0.4, -0.2) is 21.0 Å². The van der Waals surface area contributed by atoms with E-state index in [1.807, 2.05) is 20.8 Å². The average Bonchev–Trinajstić information content (AvgIpc) is 2.02. The van der Waals surface area contributed by atoms with Gasteiger partial charge in [0.05, 0.1) is 6.20 Å². The van der Waals surface area contributed by atoms with Crippen molar-refractivity contribution >= 4 is 0 Å². The molecule has 0 N–H and O–H groups in total. The number of rotatable bonds is 2. The van der Waals surface area contributed by atoms with Gasteiger partial charge in [-0.15, -0.1) is 5.10 Å². The zero-order valence-corrected chi connectivity index (χ0v) is 7.31. The highest BCUT2D eigenvalue weighted by Gasteiger charge is 2.12. The summed E-state index contributed by atoms with van der Waals surface area (Å²) in [5, 5.41) is 10.4. The minimum atomic E-state index is -0.356. The summed E-state index contributed by atoms with van der Waals surface area (Å²) in [5.41, 5.74) is -0.356. The summed E-state index contributed by atoms with van der Waals surface area (Å²) < 4.78 is 0. The van der Waals surface area contributed by atoms with Gasteiger partial charge in [0.25, 0.3) is 5.88 Å². The van der Waals surface area contributed by atoms with Crippen molar-refractivity contribution in [3.05, 3.63) is 12.3 Å². The van der Waals surface area contributed by atoms with Crippen LogP contribution in [0, 0.1) is 0 Å². The molecule has 0 aliphatic rings. The fourth-order valence-corrected chi connectivity index (χ4v) is 0.442. The number of hydrogen-bond donors (Lipinski definition) is 0. The van der Waals surface area contributed by atoms with E-state index in [-0.39, 0.29) is 5.60 Å². The van der Waals surface area contributed by atoms with E-state index >= 15 is 0 Å². The summed E-state index contributed by atoms with van der Waals surface area (Å²) in [5.74, 6) is 0.305. The van der Waals surface area contributed by atoms with Crippen LogP contribution >= 0.6 is 0 Å². The van der Waals surface area contributed by atoms with Gasteiger partial charge in [-0.05, 0) is 26.0 Å². The van der Waals surface area contributed by atoms with Gasteiger partial charge in [0, 0.05) is 6.07 Å². The molecule has 0 saturated carbocycles. The molecule has 0 spiro atoms. The lowest BCUT2D eigenvalue weighted by molar-refractivity contribution is -0.277. The van der Waals surface area contributed by atoms with Crippen molar-refractivity contribution in [2.75, 3.05) is 0 Å². The molecule has 0 saturated heterocycles. The molecule has 12 heavy (non-hydrogen) atoms. The molecule has 0 aliphatic carbocycles. The molecule has 5 nitrogen and oxygen atoms in total. The molecule has 0 aromatic carbocycles. The first kappa shape index (κ1) is 8.86. The van der Waals surface area contributed by atoms with Crippen LogP contribution in [0.1, 0.15) is 20.8 Å². The Bertz CT molecular complexity index is 232. The zero-order chi connectivity index (χ0) is 9.03. The maximum absolute atomic E-state index is 4.99. The minimum Gasteiger partial charge on any atom is -0.315 e. The van der Waals surface area contributed by atoms with Crippen molar-refractivity contribution in [2.45, 2.75) is 26.4 Å². The van der Waals surface area contributed by atoms with Gasteiger partial charge in [-0.1, -0.05) is 5.10 Å². The molecule has 0 atom stereocenters. The van der Waals surface area contributed by atoms with E-state index in [4.69, 9.17) is 9.78 Å². The molecule has 0 fully saturated rings. The molecule has 0 bridgehead atoms. The number of aromatic nitrogens is 3. The Kier molecular flexibility index (Phi) is 2.54. The third kappa shape index (κ3) is 3.25. The van der Waals surface area contributed by atoms with Gasteiger partial charge in [0.2, 0.25) is 0 Å². The first-order valence-electron chi connectivity index (χ1n) is 3.58. The van der Waals surface area contributed by atoms with Crippen molar-refractivity contribution in [3.63, 3.8) is 0 Å². The Balaban J connectivity index is 2.44. The van der Waals surface area contributed by atoms with Crippen LogP contribution in [0.25, 0.3) is 0 Å². The molecule has 0 radical (unpaired) electrons. The molecule has 5 heteroatoms. The first-order chi connectivity index (χ1) is 5.58. The molecular formula is C7H11N3O2. The van der Waals surface area contributed by atoms with Crippen molar-refractivity contribution < 1.29 is 9.78 Å². The summed E-state index contributed by atoms with van der Waals surface area (Å²) in [6.45, 7) is 5.63. The Hall–Kier alpha value is -1.23. The Morgan fingerprint density at radius 2 is 2.08 bits per heavy atom. The zero-order valence-electron chi connectivity index (χ0n) is 7.31. The van der Waals surface area contributed by atoms with Crippen molar-refractivity contribution in [1.29, 1.82) is 0 Å². The predicted octanol–water partition coefficient (Wildman–Crippen LogP) is 0.980. The molecule has 1 aromatic rings. The van der Waals surface area contributed by atoms with Crippen molar-refractivity contribution in [1.82, 2.24) is 15.4 Å². The molecule has 1 rings (SSSR count). The van der Waals surface area contributed by atoms with Crippen molar-refractivity contribution in [2.24, 2.45) is 0 Å². The topological polar surface area (TPSA) is 57.1 Å². The molecule has 66 valence electrons. The van der Waals surface area contributed by atoms with Crippen LogP contribution in [0.5, 0.6) is 5.88 Å². The van der Waals surface area contributed by atoms with Gasteiger partial charge in [-0.3, -0.25) is 0 Å². The van der Waals surface area contributed by atoms with E-state index in [0.717, 1.165) is 0 Å². The molecule has 1 heterocycles. The van der Waals surface area contributed by atoms with Crippen LogP contribution in [-0.2, 0) is 4.89 Å². The van der Waals surface area contributed by atoms with E-state index in [0.29, 0.717) is 5.88 Å². The minimum absolute atomic E-state index is 0.305. The smallest absolute Gasteiger partial charge is 0.278 e. The average molecular weight is 169 g/mol. The van der Waals surface area contributed by atoms with Crippen molar-refractivity contribution in [3.8, 4) is 5.88 Å². The monoisotopic (exact) mass is 169 g/mol. The maximum atomic E-state index is 4.99. The third-order valence-corrected chi connectivity index (χ3v) is 0.856. The van der Waals surface area contributed by atoms with Gasteiger partial charge in [-0.2, -0.15) is 4.89 Å². The third-order valence-electron chi connectivity index (χ3n) is 0.856. The largest absolute Gasteiger partial charge is 0.315 e. The highest BCUT2D eigenvalue weighted by molar-refractivity contribution is 5.00. The molecule has 0 aliphatic heterocycles. The van der Waals surface area contributed by atoms with E-state index in [2.05, 4.69) is 15.4 Å². The second-order valence-electron chi connectivity index (χ2n) is 3.24. The normalized spacial score (nSPS) is 11.2. The Labute approximate surface area is 70.6 Å². The van der Waals surface area contributed by atoms with Crippen LogP contribution in [0.4, 0.5) is 0 Å². The van der Waals surface area contributed by atoms with E-state index in [1.165, 1.54) is 6.20 Å². The first-order valence-corrected chi connectivity index (χ1v) is 3.58. The lowest BCUT2D eigenvalue weighted by Crippen LogP contribution is -2.21. The van der Waals surface area contributed by atoms with E-state index in [9.17, 15) is 0 Å². The summed E-state index contributed by atoms with van der Waals surface area (Å²) in [6.07, 6.45) is 1.48. The fraction of sp³-hybridized carbons (Fsp3) is 0.571. The summed E-state index contributed by atoms with van der Waals surface area (Å²) in [4.78, 5) is 9.84. The highest BCUT2D eigenvalue weighted by atomic mass is 17.2. The lowest BCUT2D eigenvalue weighted by Gasteiger charge is -2.16. The summed E-state index contributed by atoms with van der Waals surface area (Å²) in [6, 6.07) is 1.57. The predicted molar refractivity (Wildman–Crippen MR) is 41.3 cm³/mol.